The van der Waals surface area contributed by atoms with Gasteiger partial charge in [0.15, 0.2) is 6.29 Å². The number of aliphatic hydroxyl groups excluding tert-OH is 5. The number of aliphatic hydroxyl groups is 5. The highest BCUT2D eigenvalue weighted by Gasteiger charge is 2.45. The van der Waals surface area contributed by atoms with E-state index in [1.54, 1.807) is 0 Å². The Morgan fingerprint density at radius 2 is 0.918 bits per heavy atom. The number of carbonyl (C=O) groups excluding carboxylic acids is 2. The molecule has 7 N–H and O–H groups in total. The predicted molar refractivity (Wildman–Crippen MR) is 248 cm³/mol. The third kappa shape index (κ3) is 31.2. The molecule has 0 aromatic heterocycles. The molecule has 0 saturated carbocycles. The zero-order chi connectivity index (χ0) is 44.8. The highest BCUT2D eigenvalue weighted by Crippen LogP contribution is 2.23. The van der Waals surface area contributed by atoms with Crippen LogP contribution in [0.2, 0.25) is 0 Å². The second kappa shape index (κ2) is 40.2. The standard InChI is InChI=1S/C50H98N2O9/c1-4-6-8-10-12-14-16-18-19-20-21-22-23-24-25-26-28-30-32-34-36-38-45(55)52-42(40-60-50-49(59)48(58)47(57)44(61-50)39-51-41(3)53)46(56)43(54)37-35-33-31-29-27-17-15-13-11-9-7-5-2/h42-44,46-50,54,56-59H,4-40H2,1-3H3,(H,51,53)(H,52,55)/t42?,43-,44?,46+,47?,48?,49?,50?/m1/s1. The maximum Gasteiger partial charge on any atom is 0.220 e. The topological polar surface area (TPSA) is 178 Å². The molecule has 0 aromatic carbocycles. The van der Waals surface area contributed by atoms with Crippen LogP contribution in [0, 0.1) is 0 Å². The Bertz CT molecular complexity index is 1010. The van der Waals surface area contributed by atoms with Crippen LogP contribution in [0.25, 0.3) is 0 Å². The van der Waals surface area contributed by atoms with Crippen LogP contribution in [-0.4, -0.2) is 99.5 Å². The summed E-state index contributed by atoms with van der Waals surface area (Å²) in [5.74, 6) is -0.607. The van der Waals surface area contributed by atoms with Crippen molar-refractivity contribution in [3.05, 3.63) is 0 Å². The lowest BCUT2D eigenvalue weighted by Gasteiger charge is -2.41. The minimum absolute atomic E-state index is 0.111. The summed E-state index contributed by atoms with van der Waals surface area (Å²) in [7, 11) is 0. The van der Waals surface area contributed by atoms with Gasteiger partial charge in [0.25, 0.3) is 0 Å². The number of unbranched alkanes of at least 4 members (excludes halogenated alkanes) is 31. The zero-order valence-electron chi connectivity index (χ0n) is 39.7. The molecule has 11 heteroatoms. The van der Waals surface area contributed by atoms with Gasteiger partial charge in [0.1, 0.15) is 30.5 Å². The highest BCUT2D eigenvalue weighted by atomic mass is 16.7. The Labute approximate surface area is 373 Å². The Balaban J connectivity index is 2.40. The van der Waals surface area contributed by atoms with Gasteiger partial charge in [-0.3, -0.25) is 9.59 Å². The van der Waals surface area contributed by atoms with Crippen molar-refractivity contribution in [3.63, 3.8) is 0 Å². The Morgan fingerprint density at radius 1 is 0.541 bits per heavy atom. The molecule has 1 aliphatic heterocycles. The molecule has 61 heavy (non-hydrogen) atoms. The molecule has 0 spiro atoms. The van der Waals surface area contributed by atoms with Crippen molar-refractivity contribution >= 4 is 11.8 Å². The third-order valence-electron chi connectivity index (χ3n) is 12.7. The van der Waals surface area contributed by atoms with E-state index in [0.717, 1.165) is 51.4 Å². The number of rotatable bonds is 43. The summed E-state index contributed by atoms with van der Waals surface area (Å²) in [5.41, 5.74) is 0. The number of hydrogen-bond donors (Lipinski definition) is 7. The molecule has 0 aliphatic carbocycles. The molecule has 1 rings (SSSR count). The Kier molecular flexibility index (Phi) is 38.0. The van der Waals surface area contributed by atoms with Crippen molar-refractivity contribution in [1.82, 2.24) is 10.6 Å². The number of carbonyl (C=O) groups is 2. The quantitative estimate of drug-likeness (QED) is 0.0294. The molecule has 1 heterocycles. The van der Waals surface area contributed by atoms with Crippen LogP contribution < -0.4 is 10.6 Å². The smallest absolute Gasteiger partial charge is 0.220 e. The minimum Gasteiger partial charge on any atom is -0.390 e. The molecule has 1 aliphatic rings. The van der Waals surface area contributed by atoms with Crippen LogP contribution in [-0.2, 0) is 19.1 Å². The van der Waals surface area contributed by atoms with E-state index in [2.05, 4.69) is 24.5 Å². The van der Waals surface area contributed by atoms with Crippen molar-refractivity contribution in [2.75, 3.05) is 13.2 Å². The first-order chi connectivity index (χ1) is 29.6. The molecule has 362 valence electrons. The first-order valence-corrected chi connectivity index (χ1v) is 25.8. The maximum absolute atomic E-state index is 13.1. The summed E-state index contributed by atoms with van der Waals surface area (Å²) in [5, 5.41) is 59.1. The Hall–Kier alpha value is -1.34. The maximum atomic E-state index is 13.1. The van der Waals surface area contributed by atoms with Crippen LogP contribution >= 0.6 is 0 Å². The van der Waals surface area contributed by atoms with Gasteiger partial charge in [0.05, 0.1) is 18.8 Å². The molecule has 2 amide bonds. The highest BCUT2D eigenvalue weighted by molar-refractivity contribution is 5.76. The van der Waals surface area contributed by atoms with E-state index in [-0.39, 0.29) is 31.4 Å². The zero-order valence-corrected chi connectivity index (χ0v) is 39.7. The number of ether oxygens (including phenoxy) is 2. The molecule has 0 aromatic rings. The van der Waals surface area contributed by atoms with Crippen molar-refractivity contribution in [1.29, 1.82) is 0 Å². The molecule has 11 nitrogen and oxygen atoms in total. The van der Waals surface area contributed by atoms with Crippen LogP contribution in [0.15, 0.2) is 0 Å². The molecule has 0 bridgehead atoms. The summed E-state index contributed by atoms with van der Waals surface area (Å²) in [6.45, 7) is 5.41. The third-order valence-corrected chi connectivity index (χ3v) is 12.7. The molecule has 1 fully saturated rings. The van der Waals surface area contributed by atoms with Gasteiger partial charge in [0.2, 0.25) is 11.8 Å². The van der Waals surface area contributed by atoms with Crippen molar-refractivity contribution in [2.24, 2.45) is 0 Å². The fourth-order valence-electron chi connectivity index (χ4n) is 8.52. The van der Waals surface area contributed by atoms with Gasteiger partial charge in [-0.05, 0) is 12.8 Å². The molecule has 1 saturated heterocycles. The van der Waals surface area contributed by atoms with Crippen molar-refractivity contribution in [2.45, 2.75) is 294 Å². The molecular formula is C50H98N2O9. The summed E-state index contributed by atoms with van der Waals surface area (Å²) in [4.78, 5) is 24.6. The van der Waals surface area contributed by atoms with E-state index < -0.39 is 49.0 Å². The lowest BCUT2D eigenvalue weighted by molar-refractivity contribution is -0.297. The average Bonchev–Trinajstić information content (AvgIpc) is 3.24. The normalized spacial score (nSPS) is 20.7. The summed E-state index contributed by atoms with van der Waals surface area (Å²) >= 11 is 0. The van der Waals surface area contributed by atoms with Gasteiger partial charge in [-0.1, -0.05) is 219 Å². The van der Waals surface area contributed by atoms with E-state index in [4.69, 9.17) is 9.47 Å². The first-order valence-electron chi connectivity index (χ1n) is 25.8. The van der Waals surface area contributed by atoms with Gasteiger partial charge in [0, 0.05) is 19.9 Å². The Morgan fingerprint density at radius 3 is 1.31 bits per heavy atom. The van der Waals surface area contributed by atoms with Crippen LogP contribution in [0.4, 0.5) is 0 Å². The minimum atomic E-state index is -1.61. The molecule has 0 radical (unpaired) electrons. The lowest BCUT2D eigenvalue weighted by atomic mass is 9.98. The fourth-order valence-corrected chi connectivity index (χ4v) is 8.52. The van der Waals surface area contributed by atoms with Crippen LogP contribution in [0.3, 0.4) is 0 Å². The second-order valence-corrected chi connectivity index (χ2v) is 18.5. The van der Waals surface area contributed by atoms with E-state index >= 15 is 0 Å². The van der Waals surface area contributed by atoms with Crippen LogP contribution in [0.5, 0.6) is 0 Å². The van der Waals surface area contributed by atoms with Gasteiger partial charge >= 0.3 is 0 Å². The van der Waals surface area contributed by atoms with Gasteiger partial charge in [-0.15, -0.1) is 0 Å². The summed E-state index contributed by atoms with van der Waals surface area (Å²) in [6.07, 6.45) is 32.5. The number of nitrogens with one attached hydrogen (secondary N) is 2. The molecule has 6 unspecified atom stereocenters. The van der Waals surface area contributed by atoms with Crippen LogP contribution in [0.1, 0.15) is 245 Å². The number of amides is 2. The lowest BCUT2D eigenvalue weighted by Crippen LogP contribution is -2.61. The number of hydrogen-bond acceptors (Lipinski definition) is 9. The van der Waals surface area contributed by atoms with Gasteiger partial charge in [-0.25, -0.2) is 0 Å². The van der Waals surface area contributed by atoms with E-state index in [9.17, 15) is 35.1 Å². The molecular weight excluding hydrogens is 773 g/mol. The fraction of sp³-hybridized carbons (Fsp3) is 0.960. The van der Waals surface area contributed by atoms with Crippen molar-refractivity contribution in [3.8, 4) is 0 Å². The van der Waals surface area contributed by atoms with E-state index in [0.29, 0.717) is 6.42 Å². The van der Waals surface area contributed by atoms with Gasteiger partial charge < -0.3 is 45.6 Å². The molecule has 8 atom stereocenters. The average molecular weight is 871 g/mol. The summed E-state index contributed by atoms with van der Waals surface area (Å²) in [6, 6.07) is -0.997. The second-order valence-electron chi connectivity index (χ2n) is 18.5. The monoisotopic (exact) mass is 871 g/mol. The largest absolute Gasteiger partial charge is 0.390 e. The van der Waals surface area contributed by atoms with E-state index in [1.807, 2.05) is 0 Å². The van der Waals surface area contributed by atoms with E-state index in [1.165, 1.54) is 167 Å². The predicted octanol–water partition coefficient (Wildman–Crippen LogP) is 9.85. The summed E-state index contributed by atoms with van der Waals surface area (Å²) < 4.78 is 11.5. The van der Waals surface area contributed by atoms with Gasteiger partial charge in [-0.2, -0.15) is 0 Å². The van der Waals surface area contributed by atoms with Crippen molar-refractivity contribution < 1.29 is 44.6 Å². The SMILES string of the molecule is CCCCCCCCCCCCCCCCCCCCCCCC(=O)NC(COC1OC(CNC(C)=O)C(O)C(O)C1O)[C@H](O)[C@H](O)CCCCCCCCCCCCCC. The first kappa shape index (κ1) is 57.7.